The molecule has 1 fully saturated rings. The summed E-state index contributed by atoms with van der Waals surface area (Å²) in [4.78, 5) is 0. The van der Waals surface area contributed by atoms with E-state index in [1.807, 2.05) is 6.92 Å². The quantitative estimate of drug-likeness (QED) is 0.795. The van der Waals surface area contributed by atoms with Gasteiger partial charge in [-0.05, 0) is 33.2 Å². The van der Waals surface area contributed by atoms with Crippen molar-refractivity contribution in [3.63, 3.8) is 0 Å². The molecule has 4 nitrogen and oxygen atoms in total. The maximum Gasteiger partial charge on any atom is 0.216 e. The van der Waals surface area contributed by atoms with Crippen LogP contribution in [0.2, 0.25) is 0 Å². The van der Waals surface area contributed by atoms with Crippen LogP contribution in [-0.4, -0.2) is 43.6 Å². The van der Waals surface area contributed by atoms with Crippen LogP contribution in [0.15, 0.2) is 0 Å². The lowest BCUT2D eigenvalue weighted by Gasteiger charge is -2.36. The molecule has 16 heavy (non-hydrogen) atoms. The third kappa shape index (κ3) is 3.18. The number of hydrogen-bond donors (Lipinski definition) is 1. The largest absolute Gasteiger partial charge is 0.315 e. The molecule has 1 saturated heterocycles. The summed E-state index contributed by atoms with van der Waals surface area (Å²) in [5.74, 6) is 0. The highest BCUT2D eigenvalue weighted by molar-refractivity contribution is 7.89. The number of nitrogens with zero attached hydrogens (tertiary/aromatic N) is 1. The van der Waals surface area contributed by atoms with Crippen molar-refractivity contribution in [2.75, 3.05) is 19.6 Å². The predicted molar refractivity (Wildman–Crippen MR) is 66.9 cm³/mol. The lowest BCUT2D eigenvalue weighted by Crippen LogP contribution is -2.50. The van der Waals surface area contributed by atoms with Crippen molar-refractivity contribution in [3.8, 4) is 0 Å². The van der Waals surface area contributed by atoms with E-state index in [1.165, 1.54) is 0 Å². The van der Waals surface area contributed by atoms with Gasteiger partial charge in [0.15, 0.2) is 0 Å². The first kappa shape index (κ1) is 13.9. The molecule has 1 unspecified atom stereocenters. The highest BCUT2D eigenvalue weighted by atomic mass is 32.2. The molecule has 1 rings (SSSR count). The van der Waals surface area contributed by atoms with Gasteiger partial charge in [0.05, 0.1) is 5.25 Å². The molecule has 96 valence electrons. The normalized spacial score (nSPS) is 23.9. The van der Waals surface area contributed by atoms with Gasteiger partial charge in [-0.2, -0.15) is 4.31 Å². The van der Waals surface area contributed by atoms with E-state index in [0.717, 1.165) is 32.4 Å². The zero-order valence-electron chi connectivity index (χ0n) is 10.6. The summed E-state index contributed by atoms with van der Waals surface area (Å²) in [5, 5.41) is 2.94. The minimum atomic E-state index is -3.09. The lowest BCUT2D eigenvalue weighted by molar-refractivity contribution is 0.245. The Bertz CT molecular complexity index is 301. The van der Waals surface area contributed by atoms with Crippen LogP contribution in [0.5, 0.6) is 0 Å². The summed E-state index contributed by atoms with van der Waals surface area (Å²) < 4.78 is 26.0. The average Bonchev–Trinajstić information content (AvgIpc) is 2.26. The number of nitrogens with one attached hydrogen (secondary N) is 1. The van der Waals surface area contributed by atoms with Gasteiger partial charge in [-0.1, -0.05) is 13.3 Å². The molecule has 0 bridgehead atoms. The van der Waals surface area contributed by atoms with Gasteiger partial charge < -0.3 is 5.32 Å². The fourth-order valence-corrected chi connectivity index (χ4v) is 3.62. The van der Waals surface area contributed by atoms with Crippen LogP contribution in [0, 0.1) is 0 Å². The van der Waals surface area contributed by atoms with E-state index < -0.39 is 10.0 Å². The molecule has 1 N–H and O–H groups in total. The summed E-state index contributed by atoms with van der Waals surface area (Å²) in [6, 6.07) is 0.154. The molecule has 0 aromatic heterocycles. The van der Waals surface area contributed by atoms with Crippen molar-refractivity contribution in [2.45, 2.75) is 51.3 Å². The van der Waals surface area contributed by atoms with Crippen molar-refractivity contribution in [3.05, 3.63) is 0 Å². The molecule has 1 aliphatic heterocycles. The molecule has 0 amide bonds. The Kier molecular flexibility index (Phi) is 5.21. The summed E-state index contributed by atoms with van der Waals surface area (Å²) in [6.07, 6.45) is 3.12. The fourth-order valence-electron chi connectivity index (χ4n) is 2.09. The molecule has 1 heterocycles. The molecule has 0 saturated carbocycles. The molecule has 0 radical (unpaired) electrons. The van der Waals surface area contributed by atoms with E-state index in [-0.39, 0.29) is 11.3 Å². The Labute approximate surface area is 99.5 Å². The number of piperidine rings is 1. The van der Waals surface area contributed by atoms with Crippen LogP contribution in [-0.2, 0) is 10.0 Å². The Morgan fingerprint density at radius 3 is 2.62 bits per heavy atom. The third-order valence-corrected chi connectivity index (χ3v) is 5.45. The minimum absolute atomic E-state index is 0.154. The number of hydrogen-bond acceptors (Lipinski definition) is 3. The van der Waals surface area contributed by atoms with Gasteiger partial charge in [0.1, 0.15) is 0 Å². The second kappa shape index (κ2) is 5.98. The van der Waals surface area contributed by atoms with E-state index in [2.05, 4.69) is 5.32 Å². The first-order valence-electron chi connectivity index (χ1n) is 6.21. The second-order valence-corrected chi connectivity index (χ2v) is 7.10. The number of sulfonamides is 1. The van der Waals surface area contributed by atoms with Crippen molar-refractivity contribution in [1.29, 1.82) is 0 Å². The zero-order valence-corrected chi connectivity index (χ0v) is 11.4. The van der Waals surface area contributed by atoms with Gasteiger partial charge in [0, 0.05) is 19.1 Å². The van der Waals surface area contributed by atoms with E-state index in [1.54, 1.807) is 18.2 Å². The predicted octanol–water partition coefficient (Wildman–Crippen LogP) is 1.19. The highest BCUT2D eigenvalue weighted by Gasteiger charge is 2.33. The van der Waals surface area contributed by atoms with Gasteiger partial charge >= 0.3 is 0 Å². The van der Waals surface area contributed by atoms with Crippen molar-refractivity contribution in [1.82, 2.24) is 9.62 Å². The molecule has 1 atom stereocenters. The molecule has 0 aromatic carbocycles. The van der Waals surface area contributed by atoms with Crippen molar-refractivity contribution in [2.24, 2.45) is 0 Å². The third-order valence-electron chi connectivity index (χ3n) is 3.13. The van der Waals surface area contributed by atoms with E-state index in [9.17, 15) is 8.42 Å². The van der Waals surface area contributed by atoms with E-state index in [4.69, 9.17) is 0 Å². The Balaban J connectivity index is 2.74. The lowest BCUT2D eigenvalue weighted by atomic mass is 10.1. The first-order valence-corrected chi connectivity index (χ1v) is 7.71. The second-order valence-electron chi connectivity index (χ2n) is 4.66. The van der Waals surface area contributed by atoms with E-state index in [0.29, 0.717) is 6.54 Å². The highest BCUT2D eigenvalue weighted by Crippen LogP contribution is 2.22. The SMILES string of the molecule is CCNCC1CCCCN1S(=O)(=O)C(C)C. The first-order chi connectivity index (χ1) is 7.50. The molecular weight excluding hydrogens is 224 g/mol. The molecule has 0 aromatic rings. The van der Waals surface area contributed by atoms with Gasteiger partial charge in [-0.3, -0.25) is 0 Å². The molecular formula is C11H24N2O2S. The van der Waals surface area contributed by atoms with Crippen molar-refractivity contribution >= 4 is 10.0 Å². The van der Waals surface area contributed by atoms with E-state index >= 15 is 0 Å². The van der Waals surface area contributed by atoms with Crippen LogP contribution in [0.4, 0.5) is 0 Å². The van der Waals surface area contributed by atoms with Crippen LogP contribution < -0.4 is 5.32 Å². The van der Waals surface area contributed by atoms with Crippen LogP contribution in [0.1, 0.15) is 40.0 Å². The Morgan fingerprint density at radius 2 is 2.06 bits per heavy atom. The molecule has 0 aliphatic carbocycles. The monoisotopic (exact) mass is 248 g/mol. The molecule has 5 heteroatoms. The summed E-state index contributed by atoms with van der Waals surface area (Å²) in [7, 11) is -3.09. The van der Waals surface area contributed by atoms with Gasteiger partial charge in [-0.15, -0.1) is 0 Å². The van der Waals surface area contributed by atoms with Gasteiger partial charge in [-0.25, -0.2) is 8.42 Å². The minimum Gasteiger partial charge on any atom is -0.315 e. The van der Waals surface area contributed by atoms with Crippen LogP contribution >= 0.6 is 0 Å². The summed E-state index contributed by atoms with van der Waals surface area (Å²) >= 11 is 0. The average molecular weight is 248 g/mol. The fraction of sp³-hybridized carbons (Fsp3) is 1.00. The van der Waals surface area contributed by atoms with Gasteiger partial charge in [0.25, 0.3) is 0 Å². The zero-order chi connectivity index (χ0) is 12.2. The maximum absolute atomic E-state index is 12.2. The standard InChI is InChI=1S/C11H24N2O2S/c1-4-12-9-11-7-5-6-8-13(11)16(14,15)10(2)3/h10-12H,4-9H2,1-3H3. The van der Waals surface area contributed by atoms with Crippen molar-refractivity contribution < 1.29 is 8.42 Å². The Hall–Kier alpha value is -0.130. The Morgan fingerprint density at radius 1 is 1.38 bits per heavy atom. The van der Waals surface area contributed by atoms with Gasteiger partial charge in [0.2, 0.25) is 10.0 Å². The maximum atomic E-state index is 12.2. The topological polar surface area (TPSA) is 49.4 Å². The van der Waals surface area contributed by atoms with Crippen LogP contribution in [0.25, 0.3) is 0 Å². The number of likely N-dealkylation sites (N-methyl/N-ethyl adjacent to an activating group) is 1. The summed E-state index contributed by atoms with van der Waals surface area (Å²) in [5.41, 5.74) is 0. The smallest absolute Gasteiger partial charge is 0.216 e. The molecule has 0 spiro atoms. The number of rotatable bonds is 5. The molecule has 1 aliphatic rings. The summed E-state index contributed by atoms with van der Waals surface area (Å²) in [6.45, 7) is 7.93. The van der Waals surface area contributed by atoms with Crippen LogP contribution in [0.3, 0.4) is 0 Å².